The Morgan fingerprint density at radius 3 is 2.84 bits per heavy atom. The van der Waals surface area contributed by atoms with Crippen LogP contribution in [0.15, 0.2) is 30.5 Å². The first-order valence-corrected chi connectivity index (χ1v) is 6.62. The summed E-state index contributed by atoms with van der Waals surface area (Å²) in [4.78, 5) is 16.3. The zero-order valence-electron chi connectivity index (χ0n) is 11.4. The molecule has 0 fully saturated rings. The highest BCUT2D eigenvalue weighted by atomic mass is 16.4. The summed E-state index contributed by atoms with van der Waals surface area (Å²) in [5.41, 5.74) is 2.34. The van der Waals surface area contributed by atoms with Gasteiger partial charge in [0.1, 0.15) is 0 Å². The van der Waals surface area contributed by atoms with Crippen molar-refractivity contribution in [3.8, 4) is 0 Å². The number of hydrogen-bond donors (Lipinski definition) is 2. The number of carboxylic acids is 1. The van der Waals surface area contributed by atoms with Gasteiger partial charge in [0.25, 0.3) is 0 Å². The summed E-state index contributed by atoms with van der Waals surface area (Å²) >= 11 is 0. The molecule has 0 spiro atoms. The molecule has 4 nitrogen and oxygen atoms in total. The van der Waals surface area contributed by atoms with Crippen LogP contribution in [0.4, 0.5) is 0 Å². The summed E-state index contributed by atoms with van der Waals surface area (Å²) in [6.07, 6.45) is 2.01. The number of carbonyl (C=O) groups is 1. The number of rotatable bonds is 6. The van der Waals surface area contributed by atoms with Crippen LogP contribution in [0.5, 0.6) is 0 Å². The Kier molecular flexibility index (Phi) is 4.22. The zero-order chi connectivity index (χ0) is 13.8. The number of fused-ring (bicyclic) bond motifs is 1. The van der Waals surface area contributed by atoms with E-state index in [2.05, 4.69) is 28.9 Å². The summed E-state index contributed by atoms with van der Waals surface area (Å²) in [5.74, 6) is -1.08. The van der Waals surface area contributed by atoms with Crippen molar-refractivity contribution in [2.75, 3.05) is 13.1 Å². The fraction of sp³-hybridized carbons (Fsp3) is 0.400. The molecule has 2 aromatic rings. The van der Waals surface area contributed by atoms with E-state index in [0.717, 1.165) is 18.6 Å². The predicted octanol–water partition coefficient (Wildman–Crippen LogP) is 2.71. The van der Waals surface area contributed by atoms with Gasteiger partial charge in [0.15, 0.2) is 0 Å². The van der Waals surface area contributed by atoms with Gasteiger partial charge >= 0.3 is 5.97 Å². The molecule has 0 amide bonds. The highest BCUT2D eigenvalue weighted by Crippen LogP contribution is 2.19. The number of carboxylic acid groups (broad SMARTS) is 1. The Bertz CT molecular complexity index is 562. The first-order valence-electron chi connectivity index (χ1n) is 6.62. The lowest BCUT2D eigenvalue weighted by atomic mass is 10.1. The zero-order valence-corrected chi connectivity index (χ0v) is 11.4. The maximum atomic E-state index is 10.9. The van der Waals surface area contributed by atoms with Crippen LogP contribution in [0.2, 0.25) is 0 Å². The average molecular weight is 260 g/mol. The molecule has 2 rings (SSSR count). The first-order chi connectivity index (χ1) is 9.11. The molecule has 0 saturated carbocycles. The van der Waals surface area contributed by atoms with Gasteiger partial charge in [-0.3, -0.25) is 9.69 Å². The number of aliphatic carboxylic acids is 1. The summed E-state index contributed by atoms with van der Waals surface area (Å²) in [6.45, 7) is 6.00. The molecule has 0 saturated heterocycles. The minimum Gasteiger partial charge on any atom is -0.481 e. The lowest BCUT2D eigenvalue weighted by molar-refractivity contribution is -0.141. The maximum absolute atomic E-state index is 10.9. The lowest BCUT2D eigenvalue weighted by Gasteiger charge is -2.22. The van der Waals surface area contributed by atoms with Gasteiger partial charge < -0.3 is 10.1 Å². The van der Waals surface area contributed by atoms with Crippen LogP contribution < -0.4 is 0 Å². The number of para-hydroxylation sites is 1. The highest BCUT2D eigenvalue weighted by molar-refractivity contribution is 5.82. The quantitative estimate of drug-likeness (QED) is 0.839. The summed E-state index contributed by atoms with van der Waals surface area (Å²) in [5, 5.41) is 10.2. The SMILES string of the molecule is CCN(Cc1c[nH]c2ccccc12)CC(C)C(=O)O. The number of hydrogen-bond acceptors (Lipinski definition) is 2. The minimum absolute atomic E-state index is 0.342. The molecule has 1 aromatic carbocycles. The van der Waals surface area contributed by atoms with Gasteiger partial charge in [-0.1, -0.05) is 32.0 Å². The van der Waals surface area contributed by atoms with Crippen molar-refractivity contribution in [3.05, 3.63) is 36.0 Å². The van der Waals surface area contributed by atoms with Crippen molar-refractivity contribution in [1.29, 1.82) is 0 Å². The van der Waals surface area contributed by atoms with E-state index in [1.54, 1.807) is 6.92 Å². The van der Waals surface area contributed by atoms with E-state index >= 15 is 0 Å². The molecule has 1 heterocycles. The molecule has 0 aliphatic rings. The maximum Gasteiger partial charge on any atom is 0.307 e. The van der Waals surface area contributed by atoms with Gasteiger partial charge in [0, 0.05) is 30.2 Å². The lowest BCUT2D eigenvalue weighted by Crippen LogP contribution is -2.31. The number of nitrogens with zero attached hydrogens (tertiary/aromatic N) is 1. The fourth-order valence-corrected chi connectivity index (χ4v) is 2.27. The summed E-state index contributed by atoms with van der Waals surface area (Å²) in [6, 6.07) is 8.17. The molecular weight excluding hydrogens is 240 g/mol. The number of aromatic nitrogens is 1. The standard InChI is InChI=1S/C15H20N2O2/c1-3-17(9-11(2)15(18)19)10-12-8-16-14-7-5-4-6-13(12)14/h4-8,11,16H,3,9-10H2,1-2H3,(H,18,19). The molecule has 1 unspecified atom stereocenters. The Hall–Kier alpha value is -1.81. The molecule has 4 heteroatoms. The molecule has 0 aliphatic heterocycles. The number of nitrogens with one attached hydrogen (secondary N) is 1. The van der Waals surface area contributed by atoms with E-state index < -0.39 is 5.97 Å². The Morgan fingerprint density at radius 2 is 2.16 bits per heavy atom. The minimum atomic E-state index is -0.739. The number of benzene rings is 1. The van der Waals surface area contributed by atoms with Crippen molar-refractivity contribution in [2.45, 2.75) is 20.4 Å². The molecule has 19 heavy (non-hydrogen) atoms. The van der Waals surface area contributed by atoms with Crippen LogP contribution in [0.3, 0.4) is 0 Å². The third-order valence-corrected chi connectivity index (χ3v) is 3.47. The van der Waals surface area contributed by atoms with Gasteiger partial charge in [0.05, 0.1) is 5.92 Å². The van der Waals surface area contributed by atoms with Gasteiger partial charge in [-0.05, 0) is 18.2 Å². The van der Waals surface area contributed by atoms with E-state index in [9.17, 15) is 4.79 Å². The van der Waals surface area contributed by atoms with Crippen LogP contribution in [0, 0.1) is 5.92 Å². The summed E-state index contributed by atoms with van der Waals surface area (Å²) < 4.78 is 0. The summed E-state index contributed by atoms with van der Waals surface area (Å²) in [7, 11) is 0. The van der Waals surface area contributed by atoms with Crippen molar-refractivity contribution in [1.82, 2.24) is 9.88 Å². The van der Waals surface area contributed by atoms with Crippen LogP contribution in [-0.2, 0) is 11.3 Å². The van der Waals surface area contributed by atoms with Crippen molar-refractivity contribution in [2.24, 2.45) is 5.92 Å². The molecule has 1 aromatic heterocycles. The fourth-order valence-electron chi connectivity index (χ4n) is 2.27. The molecule has 102 valence electrons. The highest BCUT2D eigenvalue weighted by Gasteiger charge is 2.16. The van der Waals surface area contributed by atoms with Crippen LogP contribution >= 0.6 is 0 Å². The average Bonchev–Trinajstić information content (AvgIpc) is 2.81. The number of aromatic amines is 1. The Morgan fingerprint density at radius 1 is 1.42 bits per heavy atom. The Labute approximate surface area is 113 Å². The predicted molar refractivity (Wildman–Crippen MR) is 76.0 cm³/mol. The third-order valence-electron chi connectivity index (χ3n) is 3.47. The monoisotopic (exact) mass is 260 g/mol. The second-order valence-electron chi connectivity index (χ2n) is 4.93. The van der Waals surface area contributed by atoms with Crippen LogP contribution in [-0.4, -0.2) is 34.0 Å². The molecular formula is C15H20N2O2. The smallest absolute Gasteiger partial charge is 0.307 e. The molecule has 1 atom stereocenters. The molecule has 0 radical (unpaired) electrons. The normalized spacial score (nSPS) is 13.0. The van der Waals surface area contributed by atoms with Crippen molar-refractivity contribution >= 4 is 16.9 Å². The first kappa shape index (κ1) is 13.6. The Balaban J connectivity index is 2.12. The molecule has 0 bridgehead atoms. The largest absolute Gasteiger partial charge is 0.481 e. The molecule has 0 aliphatic carbocycles. The second-order valence-corrected chi connectivity index (χ2v) is 4.93. The van der Waals surface area contributed by atoms with Gasteiger partial charge in [-0.2, -0.15) is 0 Å². The van der Waals surface area contributed by atoms with Crippen LogP contribution in [0.1, 0.15) is 19.4 Å². The van der Waals surface area contributed by atoms with E-state index in [-0.39, 0.29) is 5.92 Å². The van der Waals surface area contributed by atoms with Gasteiger partial charge in [-0.25, -0.2) is 0 Å². The van der Waals surface area contributed by atoms with Crippen LogP contribution in [0.25, 0.3) is 10.9 Å². The van der Waals surface area contributed by atoms with E-state index in [0.29, 0.717) is 6.54 Å². The van der Waals surface area contributed by atoms with Gasteiger partial charge in [-0.15, -0.1) is 0 Å². The topological polar surface area (TPSA) is 56.3 Å². The van der Waals surface area contributed by atoms with E-state index in [1.807, 2.05) is 18.3 Å². The second kappa shape index (κ2) is 5.89. The third kappa shape index (κ3) is 3.15. The van der Waals surface area contributed by atoms with Gasteiger partial charge in [0.2, 0.25) is 0 Å². The molecule has 2 N–H and O–H groups in total. The van der Waals surface area contributed by atoms with E-state index in [1.165, 1.54) is 10.9 Å². The van der Waals surface area contributed by atoms with E-state index in [4.69, 9.17) is 5.11 Å². The number of H-pyrrole nitrogens is 1. The van der Waals surface area contributed by atoms with Crippen molar-refractivity contribution < 1.29 is 9.90 Å². The van der Waals surface area contributed by atoms with Crippen molar-refractivity contribution in [3.63, 3.8) is 0 Å².